The molecule has 0 aliphatic carbocycles. The van der Waals surface area contributed by atoms with Crippen LogP contribution < -0.4 is 4.74 Å². The van der Waals surface area contributed by atoms with Gasteiger partial charge in [-0.25, -0.2) is 0 Å². The third-order valence-corrected chi connectivity index (χ3v) is 3.41. The van der Waals surface area contributed by atoms with Gasteiger partial charge in [0.1, 0.15) is 5.75 Å². The Morgan fingerprint density at radius 1 is 1.32 bits per heavy atom. The van der Waals surface area contributed by atoms with Gasteiger partial charge in [0.15, 0.2) is 0 Å². The Kier molecular flexibility index (Phi) is 5.36. The molecule has 0 saturated carbocycles. The number of hydrogen-bond donors (Lipinski definition) is 0. The maximum Gasteiger partial charge on any atom is 0.312 e. The summed E-state index contributed by atoms with van der Waals surface area (Å²) in [5.74, 6) is 0.453. The first-order valence-electron chi connectivity index (χ1n) is 6.87. The van der Waals surface area contributed by atoms with Crippen molar-refractivity contribution in [2.24, 2.45) is 0 Å². The molecule has 0 N–H and O–H groups in total. The van der Waals surface area contributed by atoms with E-state index in [9.17, 15) is 4.79 Å². The SMILES string of the molecule is CCC(CC(=O)Oc1ccccc1)N1CCOCC1. The fourth-order valence-electron chi connectivity index (χ4n) is 2.33. The van der Waals surface area contributed by atoms with E-state index in [1.165, 1.54) is 0 Å². The summed E-state index contributed by atoms with van der Waals surface area (Å²) >= 11 is 0. The number of benzene rings is 1. The van der Waals surface area contributed by atoms with Crippen molar-refractivity contribution >= 4 is 5.97 Å². The molecule has 1 heterocycles. The molecule has 1 aliphatic heterocycles. The Morgan fingerprint density at radius 2 is 2.00 bits per heavy atom. The van der Waals surface area contributed by atoms with Gasteiger partial charge in [-0.3, -0.25) is 9.69 Å². The topological polar surface area (TPSA) is 38.8 Å². The highest BCUT2D eigenvalue weighted by Gasteiger charge is 2.22. The van der Waals surface area contributed by atoms with E-state index in [0.717, 1.165) is 32.7 Å². The summed E-state index contributed by atoms with van der Waals surface area (Å²) < 4.78 is 10.7. The van der Waals surface area contributed by atoms with E-state index < -0.39 is 0 Å². The number of hydrogen-bond acceptors (Lipinski definition) is 4. The molecule has 0 amide bonds. The third-order valence-electron chi connectivity index (χ3n) is 3.41. The number of carbonyl (C=O) groups is 1. The molecule has 0 radical (unpaired) electrons. The Hall–Kier alpha value is -1.39. The molecule has 0 bridgehead atoms. The summed E-state index contributed by atoms with van der Waals surface area (Å²) in [4.78, 5) is 14.3. The predicted molar refractivity (Wildman–Crippen MR) is 73.2 cm³/mol. The van der Waals surface area contributed by atoms with Crippen LogP contribution in [0.4, 0.5) is 0 Å². The molecule has 1 fully saturated rings. The number of carbonyl (C=O) groups excluding carboxylic acids is 1. The zero-order valence-corrected chi connectivity index (χ0v) is 11.4. The molecular weight excluding hydrogens is 242 g/mol. The summed E-state index contributed by atoms with van der Waals surface area (Å²) in [7, 11) is 0. The maximum atomic E-state index is 11.9. The lowest BCUT2D eigenvalue weighted by Crippen LogP contribution is -2.44. The summed E-state index contributed by atoms with van der Waals surface area (Å²) in [6, 6.07) is 9.48. The molecule has 1 atom stereocenters. The van der Waals surface area contributed by atoms with Crippen LogP contribution in [0.1, 0.15) is 19.8 Å². The van der Waals surface area contributed by atoms with Gasteiger partial charge in [-0.1, -0.05) is 25.1 Å². The van der Waals surface area contributed by atoms with Crippen molar-refractivity contribution in [3.05, 3.63) is 30.3 Å². The quantitative estimate of drug-likeness (QED) is 0.602. The van der Waals surface area contributed by atoms with Crippen LogP contribution in [0.25, 0.3) is 0 Å². The lowest BCUT2D eigenvalue weighted by Gasteiger charge is -2.33. The molecule has 1 aromatic rings. The van der Waals surface area contributed by atoms with Crippen molar-refractivity contribution in [3.8, 4) is 5.75 Å². The zero-order valence-electron chi connectivity index (χ0n) is 11.4. The number of nitrogens with zero attached hydrogens (tertiary/aromatic N) is 1. The number of rotatable bonds is 5. The van der Waals surface area contributed by atoms with Crippen molar-refractivity contribution < 1.29 is 14.3 Å². The second kappa shape index (κ2) is 7.26. The molecule has 2 rings (SSSR count). The van der Waals surface area contributed by atoms with Gasteiger partial charge in [-0.2, -0.15) is 0 Å². The van der Waals surface area contributed by atoms with Gasteiger partial charge in [0, 0.05) is 19.1 Å². The van der Waals surface area contributed by atoms with Crippen molar-refractivity contribution in [1.29, 1.82) is 0 Å². The highest BCUT2D eigenvalue weighted by molar-refractivity contribution is 5.73. The second-order valence-electron chi connectivity index (χ2n) is 4.70. The summed E-state index contributed by atoms with van der Waals surface area (Å²) in [6.45, 7) is 5.42. The first-order valence-corrected chi connectivity index (χ1v) is 6.87. The molecule has 1 saturated heterocycles. The minimum absolute atomic E-state index is 0.162. The fourth-order valence-corrected chi connectivity index (χ4v) is 2.33. The van der Waals surface area contributed by atoms with Crippen molar-refractivity contribution in [2.75, 3.05) is 26.3 Å². The molecule has 1 aromatic carbocycles. The van der Waals surface area contributed by atoms with Crippen LogP contribution in [0.3, 0.4) is 0 Å². The second-order valence-corrected chi connectivity index (χ2v) is 4.70. The predicted octanol–water partition coefficient (Wildman–Crippen LogP) is 2.09. The van der Waals surface area contributed by atoms with E-state index in [0.29, 0.717) is 12.2 Å². The summed E-state index contributed by atoms with van der Waals surface area (Å²) in [5.41, 5.74) is 0. The lowest BCUT2D eigenvalue weighted by atomic mass is 10.1. The van der Waals surface area contributed by atoms with Gasteiger partial charge in [-0.15, -0.1) is 0 Å². The van der Waals surface area contributed by atoms with Crippen molar-refractivity contribution in [1.82, 2.24) is 4.90 Å². The number of para-hydroxylation sites is 1. The van der Waals surface area contributed by atoms with Crippen molar-refractivity contribution in [3.63, 3.8) is 0 Å². The van der Waals surface area contributed by atoms with Crippen LogP contribution in [0.2, 0.25) is 0 Å². The molecule has 1 unspecified atom stereocenters. The minimum atomic E-state index is -0.162. The number of ether oxygens (including phenoxy) is 2. The van der Waals surface area contributed by atoms with Crippen LogP contribution >= 0.6 is 0 Å². The Morgan fingerprint density at radius 3 is 2.63 bits per heavy atom. The largest absolute Gasteiger partial charge is 0.426 e. The first kappa shape index (κ1) is 14.0. The fraction of sp³-hybridized carbons (Fsp3) is 0.533. The van der Waals surface area contributed by atoms with E-state index in [1.54, 1.807) is 12.1 Å². The van der Waals surface area contributed by atoms with Crippen molar-refractivity contribution in [2.45, 2.75) is 25.8 Å². The molecule has 4 heteroatoms. The third kappa shape index (κ3) is 4.33. The van der Waals surface area contributed by atoms with Gasteiger partial charge in [-0.05, 0) is 18.6 Å². The molecule has 0 spiro atoms. The number of morpholine rings is 1. The molecule has 4 nitrogen and oxygen atoms in total. The monoisotopic (exact) mass is 263 g/mol. The highest BCUT2D eigenvalue weighted by Crippen LogP contribution is 2.14. The van der Waals surface area contributed by atoms with E-state index in [2.05, 4.69) is 11.8 Å². The normalized spacial score (nSPS) is 17.9. The molecule has 104 valence electrons. The number of esters is 1. The van der Waals surface area contributed by atoms with E-state index in [1.807, 2.05) is 18.2 Å². The van der Waals surface area contributed by atoms with Gasteiger partial charge < -0.3 is 9.47 Å². The first-order chi connectivity index (χ1) is 9.29. The lowest BCUT2D eigenvalue weighted by molar-refractivity contribution is -0.136. The molecule has 0 aromatic heterocycles. The van der Waals surface area contributed by atoms with Crippen LogP contribution in [0.15, 0.2) is 30.3 Å². The van der Waals surface area contributed by atoms with Gasteiger partial charge >= 0.3 is 5.97 Å². The van der Waals surface area contributed by atoms with Crippen LogP contribution in [0.5, 0.6) is 5.75 Å². The van der Waals surface area contributed by atoms with Gasteiger partial charge in [0.25, 0.3) is 0 Å². The average Bonchev–Trinajstić information content (AvgIpc) is 2.47. The van der Waals surface area contributed by atoms with Gasteiger partial charge in [0.2, 0.25) is 0 Å². The minimum Gasteiger partial charge on any atom is -0.426 e. The Bertz CT molecular complexity index is 388. The van der Waals surface area contributed by atoms with Crippen LogP contribution in [-0.4, -0.2) is 43.2 Å². The molecule has 19 heavy (non-hydrogen) atoms. The zero-order chi connectivity index (χ0) is 13.5. The molecular formula is C15H21NO3. The maximum absolute atomic E-state index is 11.9. The molecule has 1 aliphatic rings. The van der Waals surface area contributed by atoms with E-state index in [4.69, 9.17) is 9.47 Å². The van der Waals surface area contributed by atoms with Crippen LogP contribution in [0, 0.1) is 0 Å². The average molecular weight is 263 g/mol. The smallest absolute Gasteiger partial charge is 0.312 e. The highest BCUT2D eigenvalue weighted by atomic mass is 16.5. The van der Waals surface area contributed by atoms with E-state index >= 15 is 0 Å². The van der Waals surface area contributed by atoms with E-state index in [-0.39, 0.29) is 12.0 Å². The summed E-state index contributed by atoms with van der Waals surface area (Å²) in [5, 5.41) is 0. The Balaban J connectivity index is 1.85. The van der Waals surface area contributed by atoms with Crippen LogP contribution in [-0.2, 0) is 9.53 Å². The summed E-state index contributed by atoms with van der Waals surface area (Å²) in [6.07, 6.45) is 1.38. The Labute approximate surface area is 114 Å². The standard InChI is InChI=1S/C15H21NO3/c1-2-13(16-8-10-18-11-9-16)12-15(17)19-14-6-4-3-5-7-14/h3-7,13H,2,8-12H2,1H3. The van der Waals surface area contributed by atoms with Gasteiger partial charge in [0.05, 0.1) is 19.6 Å².